The third kappa shape index (κ3) is 5.31. The van der Waals surface area contributed by atoms with E-state index in [4.69, 9.17) is 4.74 Å². The number of hydrogen-bond acceptors (Lipinski definition) is 4. The number of rotatable bonds is 5. The molecule has 0 spiro atoms. The maximum absolute atomic E-state index is 13.7. The quantitative estimate of drug-likeness (QED) is 0.564. The molecule has 1 amide bonds. The summed E-state index contributed by atoms with van der Waals surface area (Å²) in [6.07, 6.45) is 6.50. The van der Waals surface area contributed by atoms with Crippen molar-refractivity contribution in [2.45, 2.75) is 32.7 Å². The molecule has 0 saturated carbocycles. The molecule has 178 valence electrons. The third-order valence-electron chi connectivity index (χ3n) is 7.58. The lowest BCUT2D eigenvalue weighted by atomic mass is 9.78. The highest BCUT2D eigenvalue weighted by Gasteiger charge is 2.40. The summed E-state index contributed by atoms with van der Waals surface area (Å²) < 4.78 is 5.94. The molecule has 2 aliphatic heterocycles. The van der Waals surface area contributed by atoms with Crippen molar-refractivity contribution < 1.29 is 9.53 Å². The van der Waals surface area contributed by atoms with Crippen molar-refractivity contribution in [1.82, 2.24) is 14.8 Å². The first-order chi connectivity index (χ1) is 16.6. The SMILES string of the molecule is CC1(C(=O)N2CCOC[C@@H](Cc3ccc4cnccc4c3)C2)CCN(Cc2ccccc2)CC1. The van der Waals surface area contributed by atoms with Crippen LogP contribution in [0.2, 0.25) is 0 Å². The molecular weight excluding hydrogens is 422 g/mol. The van der Waals surface area contributed by atoms with Crippen molar-refractivity contribution in [3.05, 3.63) is 78.1 Å². The zero-order valence-corrected chi connectivity index (χ0v) is 20.2. The number of fused-ring (bicyclic) bond motifs is 1. The minimum atomic E-state index is -0.280. The van der Waals surface area contributed by atoms with Crippen molar-refractivity contribution in [1.29, 1.82) is 0 Å². The number of likely N-dealkylation sites (tertiary alicyclic amines) is 1. The first kappa shape index (κ1) is 23.0. The molecular formula is C29H35N3O2. The van der Waals surface area contributed by atoms with Gasteiger partial charge < -0.3 is 9.64 Å². The van der Waals surface area contributed by atoms with Crippen LogP contribution < -0.4 is 0 Å². The Hall–Kier alpha value is -2.76. The van der Waals surface area contributed by atoms with Crippen LogP contribution in [0.4, 0.5) is 0 Å². The molecule has 1 aromatic heterocycles. The van der Waals surface area contributed by atoms with Gasteiger partial charge in [0.25, 0.3) is 0 Å². The lowest BCUT2D eigenvalue weighted by Gasteiger charge is -2.41. The smallest absolute Gasteiger partial charge is 0.228 e. The van der Waals surface area contributed by atoms with E-state index in [9.17, 15) is 4.79 Å². The molecule has 2 aromatic carbocycles. The fourth-order valence-corrected chi connectivity index (χ4v) is 5.42. The molecule has 0 radical (unpaired) electrons. The van der Waals surface area contributed by atoms with Crippen LogP contribution in [-0.4, -0.2) is 60.1 Å². The summed E-state index contributed by atoms with van der Waals surface area (Å²) in [5.74, 6) is 0.624. The maximum atomic E-state index is 13.7. The second-order valence-corrected chi connectivity index (χ2v) is 10.3. The molecule has 3 aromatic rings. The van der Waals surface area contributed by atoms with Crippen molar-refractivity contribution in [3.63, 3.8) is 0 Å². The number of aromatic nitrogens is 1. The summed E-state index contributed by atoms with van der Waals surface area (Å²) in [7, 11) is 0. The van der Waals surface area contributed by atoms with Crippen molar-refractivity contribution >= 4 is 16.7 Å². The lowest BCUT2D eigenvalue weighted by Crippen LogP contribution is -2.50. The van der Waals surface area contributed by atoms with Gasteiger partial charge in [0, 0.05) is 48.7 Å². The average molecular weight is 458 g/mol. The van der Waals surface area contributed by atoms with Gasteiger partial charge in [-0.25, -0.2) is 0 Å². The third-order valence-corrected chi connectivity index (χ3v) is 7.58. The number of nitrogens with zero attached hydrogens (tertiary/aromatic N) is 3. The van der Waals surface area contributed by atoms with Crippen LogP contribution in [0.25, 0.3) is 10.8 Å². The number of carbonyl (C=O) groups is 1. The first-order valence-corrected chi connectivity index (χ1v) is 12.6. The Morgan fingerprint density at radius 3 is 2.68 bits per heavy atom. The van der Waals surface area contributed by atoms with Gasteiger partial charge in [0.2, 0.25) is 5.91 Å². The molecule has 34 heavy (non-hydrogen) atoms. The zero-order chi connectivity index (χ0) is 23.4. The molecule has 5 heteroatoms. The Bertz CT molecular complexity index is 1110. The van der Waals surface area contributed by atoms with Gasteiger partial charge in [0.05, 0.1) is 13.2 Å². The van der Waals surface area contributed by atoms with Crippen LogP contribution in [0.5, 0.6) is 0 Å². The van der Waals surface area contributed by atoms with Crippen molar-refractivity contribution in [2.75, 3.05) is 39.4 Å². The van der Waals surface area contributed by atoms with E-state index in [2.05, 4.69) is 76.3 Å². The fraction of sp³-hybridized carbons (Fsp3) is 0.448. The molecule has 2 aliphatic rings. The summed E-state index contributed by atoms with van der Waals surface area (Å²) in [6, 6.07) is 19.3. The molecule has 2 fully saturated rings. The number of piperidine rings is 1. The van der Waals surface area contributed by atoms with Gasteiger partial charge in [0.1, 0.15) is 0 Å². The highest BCUT2D eigenvalue weighted by Crippen LogP contribution is 2.34. The van der Waals surface area contributed by atoms with Crippen LogP contribution >= 0.6 is 0 Å². The summed E-state index contributed by atoms with van der Waals surface area (Å²) in [6.45, 7) is 7.88. The summed E-state index contributed by atoms with van der Waals surface area (Å²) >= 11 is 0. The highest BCUT2D eigenvalue weighted by atomic mass is 16.5. The molecule has 1 atom stereocenters. The lowest BCUT2D eigenvalue weighted by molar-refractivity contribution is -0.144. The Labute approximate surface area is 202 Å². The molecule has 0 aliphatic carbocycles. The van der Waals surface area contributed by atoms with E-state index in [-0.39, 0.29) is 5.41 Å². The number of pyridine rings is 1. The Kier molecular flexibility index (Phi) is 6.93. The summed E-state index contributed by atoms with van der Waals surface area (Å²) in [4.78, 5) is 22.5. The summed E-state index contributed by atoms with van der Waals surface area (Å²) in [5, 5.41) is 2.37. The molecule has 5 rings (SSSR count). The van der Waals surface area contributed by atoms with E-state index >= 15 is 0 Å². The number of ether oxygens (including phenoxy) is 1. The van der Waals surface area contributed by atoms with Gasteiger partial charge in [-0.15, -0.1) is 0 Å². The Morgan fingerprint density at radius 2 is 1.85 bits per heavy atom. The second kappa shape index (κ2) is 10.2. The summed E-state index contributed by atoms with van der Waals surface area (Å²) in [5.41, 5.74) is 2.36. The average Bonchev–Trinajstić information content (AvgIpc) is 3.11. The van der Waals surface area contributed by atoms with Crippen LogP contribution in [0.1, 0.15) is 30.9 Å². The van der Waals surface area contributed by atoms with E-state index in [0.29, 0.717) is 31.6 Å². The van der Waals surface area contributed by atoms with Gasteiger partial charge in [-0.1, -0.05) is 55.5 Å². The second-order valence-electron chi connectivity index (χ2n) is 10.3. The number of amides is 1. The molecule has 3 heterocycles. The predicted molar refractivity (Wildman–Crippen MR) is 135 cm³/mol. The van der Waals surface area contributed by atoms with Gasteiger partial charge in [-0.2, -0.15) is 0 Å². The maximum Gasteiger partial charge on any atom is 0.228 e. The molecule has 2 saturated heterocycles. The van der Waals surface area contributed by atoms with E-state index in [0.717, 1.165) is 50.8 Å². The van der Waals surface area contributed by atoms with E-state index < -0.39 is 0 Å². The van der Waals surface area contributed by atoms with E-state index in [1.54, 1.807) is 0 Å². The minimum Gasteiger partial charge on any atom is -0.379 e. The Morgan fingerprint density at radius 1 is 1.03 bits per heavy atom. The topological polar surface area (TPSA) is 45.7 Å². The first-order valence-electron chi connectivity index (χ1n) is 12.6. The van der Waals surface area contributed by atoms with Crippen molar-refractivity contribution in [3.8, 4) is 0 Å². The van der Waals surface area contributed by atoms with E-state index in [1.165, 1.54) is 16.5 Å². The van der Waals surface area contributed by atoms with Crippen LogP contribution in [0, 0.1) is 11.3 Å². The highest BCUT2D eigenvalue weighted by molar-refractivity contribution is 5.83. The molecule has 0 bridgehead atoms. The Balaban J connectivity index is 1.20. The number of benzene rings is 2. The normalized spacial score (nSPS) is 21.3. The van der Waals surface area contributed by atoms with Gasteiger partial charge >= 0.3 is 0 Å². The number of carbonyl (C=O) groups excluding carboxylic acids is 1. The molecule has 0 unspecified atom stereocenters. The largest absolute Gasteiger partial charge is 0.379 e. The molecule has 0 N–H and O–H groups in total. The van der Waals surface area contributed by atoms with Gasteiger partial charge in [-0.3, -0.25) is 14.7 Å². The van der Waals surface area contributed by atoms with Crippen molar-refractivity contribution in [2.24, 2.45) is 11.3 Å². The molecule has 5 nitrogen and oxygen atoms in total. The van der Waals surface area contributed by atoms with Crippen LogP contribution in [0.3, 0.4) is 0 Å². The zero-order valence-electron chi connectivity index (χ0n) is 20.2. The van der Waals surface area contributed by atoms with Crippen LogP contribution in [-0.2, 0) is 22.5 Å². The predicted octanol–water partition coefficient (Wildman–Crippen LogP) is 4.55. The van der Waals surface area contributed by atoms with Gasteiger partial charge in [-0.05, 0) is 54.9 Å². The minimum absolute atomic E-state index is 0.280. The number of hydrogen-bond donors (Lipinski definition) is 0. The van der Waals surface area contributed by atoms with Gasteiger partial charge in [0.15, 0.2) is 0 Å². The standard InChI is InChI=1S/C29H35N3O2/c1-29(10-13-31(14-11-29)20-23-5-3-2-4-6-23)28(33)32-15-16-34-22-25(21-32)17-24-7-8-27-19-30-12-9-26(27)18-24/h2-9,12,18-19,25H,10-11,13-17,20-22H2,1H3/t25-/m0/s1. The van der Waals surface area contributed by atoms with E-state index in [1.807, 2.05) is 12.4 Å². The fourth-order valence-electron chi connectivity index (χ4n) is 5.42. The monoisotopic (exact) mass is 457 g/mol. The van der Waals surface area contributed by atoms with Crippen LogP contribution in [0.15, 0.2) is 67.0 Å².